The Kier molecular flexibility index (Phi) is 5.72. The second-order valence-corrected chi connectivity index (χ2v) is 9.20. The summed E-state index contributed by atoms with van der Waals surface area (Å²) in [6.45, 7) is 1.79. The van der Waals surface area contributed by atoms with Gasteiger partial charge in [-0.2, -0.15) is 0 Å². The molecule has 5 rings (SSSR count). The van der Waals surface area contributed by atoms with E-state index in [1.807, 2.05) is 42.5 Å². The van der Waals surface area contributed by atoms with Crippen molar-refractivity contribution in [2.45, 2.75) is 75.7 Å². The summed E-state index contributed by atoms with van der Waals surface area (Å²) in [5.74, 6) is 1.51. The number of ether oxygens (including phenoxy) is 1. The molecule has 1 aliphatic carbocycles. The van der Waals surface area contributed by atoms with Crippen LogP contribution in [0.3, 0.4) is 0 Å². The van der Waals surface area contributed by atoms with Gasteiger partial charge in [0.05, 0.1) is 5.56 Å². The summed E-state index contributed by atoms with van der Waals surface area (Å²) >= 11 is 0. The number of nitrogens with one attached hydrogen (secondary N) is 2. The number of carbonyl (C=O) groups is 2. The highest BCUT2D eigenvalue weighted by molar-refractivity contribution is 5.94. The summed E-state index contributed by atoms with van der Waals surface area (Å²) in [7, 11) is 0. The molecule has 2 unspecified atom stereocenters. The van der Waals surface area contributed by atoms with Crippen molar-refractivity contribution in [1.29, 1.82) is 0 Å². The van der Waals surface area contributed by atoms with Crippen molar-refractivity contribution in [2.75, 3.05) is 4.90 Å². The van der Waals surface area contributed by atoms with Crippen LogP contribution in [0.2, 0.25) is 0 Å². The van der Waals surface area contributed by atoms with Crippen LogP contribution in [-0.2, 0) is 4.79 Å². The first-order valence-corrected chi connectivity index (χ1v) is 11.6. The first-order chi connectivity index (χ1) is 15.6. The van der Waals surface area contributed by atoms with Gasteiger partial charge in [0.15, 0.2) is 6.10 Å². The van der Waals surface area contributed by atoms with Gasteiger partial charge in [-0.25, -0.2) is 4.98 Å². The van der Waals surface area contributed by atoms with Gasteiger partial charge in [-0.15, -0.1) is 0 Å². The molecule has 0 spiro atoms. The zero-order valence-corrected chi connectivity index (χ0v) is 18.4. The van der Waals surface area contributed by atoms with Crippen LogP contribution in [0.25, 0.3) is 0 Å². The first-order valence-electron chi connectivity index (χ1n) is 11.6. The lowest BCUT2D eigenvalue weighted by Crippen LogP contribution is -2.52. The molecule has 0 radical (unpaired) electrons. The van der Waals surface area contributed by atoms with Crippen LogP contribution in [0, 0.1) is 0 Å². The summed E-state index contributed by atoms with van der Waals surface area (Å²) in [4.78, 5) is 31.9. The van der Waals surface area contributed by atoms with Crippen LogP contribution in [0.15, 0.2) is 48.7 Å². The van der Waals surface area contributed by atoms with Crippen molar-refractivity contribution in [2.24, 2.45) is 0 Å². The number of anilines is 1. The summed E-state index contributed by atoms with van der Waals surface area (Å²) in [6.07, 6.45) is 7.27. The first kappa shape index (κ1) is 20.8. The number of nitrogens with zero attached hydrogens (tertiary/aromatic N) is 2. The second kappa shape index (κ2) is 8.81. The van der Waals surface area contributed by atoms with Crippen LogP contribution in [0.5, 0.6) is 5.75 Å². The normalized spacial score (nSPS) is 25.2. The van der Waals surface area contributed by atoms with Gasteiger partial charge in [-0.1, -0.05) is 18.2 Å². The molecular weight excluding hydrogens is 404 g/mol. The maximum atomic E-state index is 12.7. The fourth-order valence-corrected chi connectivity index (χ4v) is 4.91. The SMILES string of the molecule is CC(Oc1ccccc1)C(=O)NC1C[C@H]2CC[C@@H](C1)N2c1ccc(C(=O)NC2CC2)cn1. The van der Waals surface area contributed by atoms with Crippen molar-refractivity contribution in [3.63, 3.8) is 0 Å². The van der Waals surface area contributed by atoms with Crippen molar-refractivity contribution in [3.8, 4) is 5.75 Å². The monoisotopic (exact) mass is 434 g/mol. The number of benzene rings is 1. The molecule has 7 nitrogen and oxygen atoms in total. The van der Waals surface area contributed by atoms with E-state index in [2.05, 4.69) is 20.5 Å². The molecule has 2 N–H and O–H groups in total. The number of hydrogen-bond donors (Lipinski definition) is 2. The quantitative estimate of drug-likeness (QED) is 0.700. The minimum Gasteiger partial charge on any atom is -0.481 e. The number of piperidine rings is 1. The van der Waals surface area contributed by atoms with E-state index in [1.165, 1.54) is 0 Å². The number of amides is 2. The third-order valence-corrected chi connectivity index (χ3v) is 6.69. The average molecular weight is 435 g/mol. The molecule has 3 heterocycles. The third-order valence-electron chi connectivity index (χ3n) is 6.69. The van der Waals surface area contributed by atoms with E-state index in [9.17, 15) is 9.59 Å². The Hall–Kier alpha value is -3.09. The topological polar surface area (TPSA) is 83.6 Å². The number of para-hydroxylation sites is 1. The molecule has 1 aromatic heterocycles. The number of pyridine rings is 1. The molecule has 3 aliphatic rings. The van der Waals surface area contributed by atoms with E-state index in [4.69, 9.17) is 4.74 Å². The van der Waals surface area contributed by atoms with Gasteiger partial charge < -0.3 is 20.3 Å². The lowest BCUT2D eigenvalue weighted by Gasteiger charge is -2.40. The van der Waals surface area contributed by atoms with Gasteiger partial charge in [0, 0.05) is 30.4 Å². The fraction of sp³-hybridized carbons (Fsp3) is 0.480. The van der Waals surface area contributed by atoms with Crippen molar-refractivity contribution in [3.05, 3.63) is 54.2 Å². The molecule has 2 amide bonds. The van der Waals surface area contributed by atoms with E-state index >= 15 is 0 Å². The van der Waals surface area contributed by atoms with Gasteiger partial charge in [-0.05, 0) is 69.7 Å². The van der Waals surface area contributed by atoms with Crippen LogP contribution in [0.1, 0.15) is 55.8 Å². The Morgan fingerprint density at radius 2 is 1.69 bits per heavy atom. The van der Waals surface area contributed by atoms with E-state index in [0.29, 0.717) is 29.4 Å². The number of aromatic nitrogens is 1. The lowest BCUT2D eigenvalue weighted by molar-refractivity contribution is -0.128. The molecule has 2 saturated heterocycles. The van der Waals surface area contributed by atoms with Gasteiger partial charge in [-0.3, -0.25) is 9.59 Å². The van der Waals surface area contributed by atoms with Crippen molar-refractivity contribution >= 4 is 17.6 Å². The minimum absolute atomic E-state index is 0.0391. The minimum atomic E-state index is -0.538. The molecule has 1 aromatic carbocycles. The van der Waals surface area contributed by atoms with E-state index < -0.39 is 6.10 Å². The Morgan fingerprint density at radius 1 is 0.969 bits per heavy atom. The molecule has 4 atom stereocenters. The molecule has 168 valence electrons. The Labute approximate surface area is 188 Å². The molecule has 7 heteroatoms. The number of hydrogen-bond acceptors (Lipinski definition) is 5. The number of carbonyl (C=O) groups excluding carboxylic acids is 2. The Morgan fingerprint density at radius 3 is 2.31 bits per heavy atom. The van der Waals surface area contributed by atoms with Gasteiger partial charge in [0.1, 0.15) is 11.6 Å². The largest absolute Gasteiger partial charge is 0.481 e. The summed E-state index contributed by atoms with van der Waals surface area (Å²) in [5.41, 5.74) is 0.613. The molecule has 32 heavy (non-hydrogen) atoms. The predicted octanol–water partition coefficient (Wildman–Crippen LogP) is 3.06. The summed E-state index contributed by atoms with van der Waals surface area (Å²) in [5, 5.41) is 6.20. The van der Waals surface area contributed by atoms with Crippen LogP contribution in [-0.4, -0.2) is 47.1 Å². The van der Waals surface area contributed by atoms with E-state index in [-0.39, 0.29) is 17.9 Å². The molecule has 2 aliphatic heterocycles. The highest BCUT2D eigenvalue weighted by Gasteiger charge is 2.42. The molecule has 2 bridgehead atoms. The highest BCUT2D eigenvalue weighted by atomic mass is 16.5. The predicted molar refractivity (Wildman–Crippen MR) is 122 cm³/mol. The fourth-order valence-electron chi connectivity index (χ4n) is 4.91. The van der Waals surface area contributed by atoms with Gasteiger partial charge in [0.25, 0.3) is 11.8 Å². The maximum Gasteiger partial charge on any atom is 0.260 e. The van der Waals surface area contributed by atoms with E-state index in [0.717, 1.165) is 44.3 Å². The zero-order chi connectivity index (χ0) is 22.1. The molecule has 1 saturated carbocycles. The number of fused-ring (bicyclic) bond motifs is 2. The standard InChI is InChI=1S/C25H30N4O3/c1-16(32-22-5-3-2-4-6-22)24(30)28-19-13-20-10-11-21(14-19)29(20)23-12-7-17(15-26-23)25(31)27-18-8-9-18/h2-7,12,15-16,18-21H,8-11,13-14H2,1H3,(H,27,31)(H,28,30)/t16?,19?,20-,21+. The van der Waals surface area contributed by atoms with Crippen molar-refractivity contribution in [1.82, 2.24) is 15.6 Å². The van der Waals surface area contributed by atoms with Crippen LogP contribution in [0.4, 0.5) is 5.82 Å². The Balaban J connectivity index is 1.17. The van der Waals surface area contributed by atoms with E-state index in [1.54, 1.807) is 13.1 Å². The van der Waals surface area contributed by atoms with Gasteiger partial charge in [0.2, 0.25) is 0 Å². The smallest absolute Gasteiger partial charge is 0.260 e. The maximum absolute atomic E-state index is 12.7. The summed E-state index contributed by atoms with van der Waals surface area (Å²) in [6, 6.07) is 14.4. The molecule has 3 fully saturated rings. The Bertz CT molecular complexity index is 947. The zero-order valence-electron chi connectivity index (χ0n) is 18.4. The second-order valence-electron chi connectivity index (χ2n) is 9.20. The van der Waals surface area contributed by atoms with Gasteiger partial charge >= 0.3 is 0 Å². The molecular formula is C25H30N4O3. The van der Waals surface area contributed by atoms with Crippen LogP contribution < -0.4 is 20.3 Å². The highest BCUT2D eigenvalue weighted by Crippen LogP contribution is 2.38. The third kappa shape index (κ3) is 4.56. The van der Waals surface area contributed by atoms with Crippen LogP contribution >= 0.6 is 0 Å². The summed E-state index contributed by atoms with van der Waals surface area (Å²) < 4.78 is 5.77. The lowest BCUT2D eigenvalue weighted by atomic mass is 9.97. The van der Waals surface area contributed by atoms with Crippen molar-refractivity contribution < 1.29 is 14.3 Å². The number of rotatable bonds is 7. The molecule has 2 aromatic rings. The average Bonchev–Trinajstić information content (AvgIpc) is 3.57.